The van der Waals surface area contributed by atoms with Gasteiger partial charge in [-0.15, -0.1) is 0 Å². The van der Waals surface area contributed by atoms with Crippen LogP contribution < -0.4 is 10.6 Å². The van der Waals surface area contributed by atoms with Gasteiger partial charge in [0.15, 0.2) is 0 Å². The van der Waals surface area contributed by atoms with E-state index in [-0.39, 0.29) is 12.5 Å². The average Bonchev–Trinajstić information content (AvgIpc) is 2.44. The first kappa shape index (κ1) is 17.2. The van der Waals surface area contributed by atoms with Crippen molar-refractivity contribution >= 4 is 17.6 Å². The van der Waals surface area contributed by atoms with E-state index >= 15 is 0 Å². The second kappa shape index (κ2) is 7.22. The Morgan fingerprint density at radius 1 is 1.14 bits per heavy atom. The molecule has 1 amide bonds. The van der Waals surface area contributed by atoms with Crippen LogP contribution in [0.2, 0.25) is 0 Å². The highest BCUT2D eigenvalue weighted by Gasteiger charge is 2.34. The first-order valence-corrected chi connectivity index (χ1v) is 7.20. The molecule has 0 radical (unpaired) electrons. The van der Waals surface area contributed by atoms with Crippen LogP contribution in [0.15, 0.2) is 18.2 Å². The number of hydrogen-bond acceptors (Lipinski definition) is 3. The standard InChI is InChI=1S/C16H24N2O3/c1-5-16(6-2,15(20)21)17-10-14(19)18-13-8-7-11(3)12(4)9-13/h7-9,17H,5-6,10H2,1-4H3,(H,18,19)(H,20,21). The predicted molar refractivity (Wildman–Crippen MR) is 83.5 cm³/mol. The normalized spacial score (nSPS) is 11.2. The van der Waals surface area contributed by atoms with Crippen molar-refractivity contribution in [2.45, 2.75) is 46.1 Å². The van der Waals surface area contributed by atoms with Crippen molar-refractivity contribution in [3.8, 4) is 0 Å². The molecule has 0 saturated carbocycles. The van der Waals surface area contributed by atoms with Gasteiger partial charge in [0.2, 0.25) is 5.91 Å². The molecule has 0 unspecified atom stereocenters. The maximum absolute atomic E-state index is 11.9. The summed E-state index contributed by atoms with van der Waals surface area (Å²) in [5.74, 6) is -1.17. The molecular weight excluding hydrogens is 268 g/mol. The smallest absolute Gasteiger partial charge is 0.323 e. The number of nitrogens with one attached hydrogen (secondary N) is 2. The summed E-state index contributed by atoms with van der Waals surface area (Å²) >= 11 is 0. The number of rotatable bonds is 7. The van der Waals surface area contributed by atoms with E-state index in [1.165, 1.54) is 0 Å². The topological polar surface area (TPSA) is 78.4 Å². The van der Waals surface area contributed by atoms with Gasteiger partial charge in [-0.25, -0.2) is 0 Å². The summed E-state index contributed by atoms with van der Waals surface area (Å²) in [5, 5.41) is 14.9. The summed E-state index contributed by atoms with van der Waals surface area (Å²) in [4.78, 5) is 23.3. The van der Waals surface area contributed by atoms with Gasteiger partial charge in [-0.3, -0.25) is 14.9 Å². The monoisotopic (exact) mass is 292 g/mol. The lowest BCUT2D eigenvalue weighted by Gasteiger charge is -2.27. The Balaban J connectivity index is 2.65. The summed E-state index contributed by atoms with van der Waals surface area (Å²) in [5.41, 5.74) is 1.94. The Kier molecular flexibility index (Phi) is 5.90. The van der Waals surface area contributed by atoms with Gasteiger partial charge in [0, 0.05) is 5.69 Å². The van der Waals surface area contributed by atoms with Gasteiger partial charge in [0.25, 0.3) is 0 Å². The number of hydrogen-bond donors (Lipinski definition) is 3. The Labute approximate surface area is 125 Å². The molecule has 3 N–H and O–H groups in total. The van der Waals surface area contributed by atoms with Gasteiger partial charge in [-0.05, 0) is 49.9 Å². The number of carbonyl (C=O) groups is 2. The third kappa shape index (κ3) is 4.29. The van der Waals surface area contributed by atoms with E-state index in [1.807, 2.05) is 32.0 Å². The fourth-order valence-corrected chi connectivity index (χ4v) is 2.15. The SMILES string of the molecule is CCC(CC)(NCC(=O)Nc1ccc(C)c(C)c1)C(=O)O. The number of carbonyl (C=O) groups excluding carboxylic acids is 1. The van der Waals surface area contributed by atoms with Crippen LogP contribution in [0.3, 0.4) is 0 Å². The van der Waals surface area contributed by atoms with E-state index in [1.54, 1.807) is 13.8 Å². The molecule has 0 aliphatic heterocycles. The molecule has 0 bridgehead atoms. The maximum Gasteiger partial charge on any atom is 0.323 e. The highest BCUT2D eigenvalue weighted by atomic mass is 16.4. The van der Waals surface area contributed by atoms with Crippen LogP contribution in [0.25, 0.3) is 0 Å². The molecule has 0 spiro atoms. The van der Waals surface area contributed by atoms with Gasteiger partial charge in [0.05, 0.1) is 6.54 Å². The van der Waals surface area contributed by atoms with Crippen LogP contribution in [0, 0.1) is 13.8 Å². The molecule has 0 aromatic heterocycles. The maximum atomic E-state index is 11.9. The Bertz CT molecular complexity index is 522. The molecule has 1 aromatic carbocycles. The second-order valence-electron chi connectivity index (χ2n) is 5.30. The number of amides is 1. The first-order chi connectivity index (χ1) is 9.84. The van der Waals surface area contributed by atoms with Gasteiger partial charge in [0.1, 0.15) is 5.54 Å². The molecule has 0 saturated heterocycles. The first-order valence-electron chi connectivity index (χ1n) is 7.20. The van der Waals surface area contributed by atoms with Crippen LogP contribution in [0.1, 0.15) is 37.8 Å². The number of carboxylic acids is 1. The predicted octanol–water partition coefficient (Wildman–Crippen LogP) is 2.47. The number of carboxylic acid groups (broad SMARTS) is 1. The molecular formula is C16H24N2O3. The van der Waals surface area contributed by atoms with E-state index in [9.17, 15) is 14.7 Å². The average molecular weight is 292 g/mol. The van der Waals surface area contributed by atoms with Crippen LogP contribution in [-0.2, 0) is 9.59 Å². The Hall–Kier alpha value is -1.88. The molecule has 0 atom stereocenters. The summed E-state index contributed by atoms with van der Waals surface area (Å²) < 4.78 is 0. The minimum atomic E-state index is -1.04. The van der Waals surface area contributed by atoms with Crippen LogP contribution in [0.5, 0.6) is 0 Å². The van der Waals surface area contributed by atoms with E-state index < -0.39 is 11.5 Å². The molecule has 5 heteroatoms. The number of aliphatic carboxylic acids is 1. The summed E-state index contributed by atoms with van der Waals surface area (Å²) in [7, 11) is 0. The van der Waals surface area contributed by atoms with Gasteiger partial charge >= 0.3 is 5.97 Å². The van der Waals surface area contributed by atoms with Crippen molar-refractivity contribution in [1.29, 1.82) is 0 Å². The van der Waals surface area contributed by atoms with Crippen LogP contribution in [0.4, 0.5) is 5.69 Å². The number of benzene rings is 1. The van der Waals surface area contributed by atoms with Crippen LogP contribution in [-0.4, -0.2) is 29.1 Å². The minimum absolute atomic E-state index is 0.0269. The zero-order valence-corrected chi connectivity index (χ0v) is 13.1. The molecule has 5 nitrogen and oxygen atoms in total. The third-order valence-electron chi connectivity index (χ3n) is 3.99. The van der Waals surface area contributed by atoms with Crippen molar-refractivity contribution in [3.63, 3.8) is 0 Å². The number of anilines is 1. The fraction of sp³-hybridized carbons (Fsp3) is 0.500. The summed E-state index contributed by atoms with van der Waals surface area (Å²) in [6, 6.07) is 5.68. The molecule has 0 aliphatic carbocycles. The molecule has 0 heterocycles. The van der Waals surface area contributed by atoms with Crippen molar-refractivity contribution < 1.29 is 14.7 Å². The van der Waals surface area contributed by atoms with Crippen LogP contribution >= 0.6 is 0 Å². The van der Waals surface area contributed by atoms with E-state index in [0.29, 0.717) is 12.8 Å². The van der Waals surface area contributed by atoms with E-state index in [4.69, 9.17) is 0 Å². The quantitative estimate of drug-likeness (QED) is 0.721. The molecule has 0 aliphatic rings. The summed E-state index contributed by atoms with van der Waals surface area (Å²) in [6.07, 6.45) is 0.853. The molecule has 21 heavy (non-hydrogen) atoms. The highest BCUT2D eigenvalue weighted by molar-refractivity contribution is 5.93. The fourth-order valence-electron chi connectivity index (χ4n) is 2.15. The molecule has 116 valence electrons. The third-order valence-corrected chi connectivity index (χ3v) is 3.99. The zero-order chi connectivity index (χ0) is 16.0. The molecule has 0 fully saturated rings. The van der Waals surface area contributed by atoms with Gasteiger partial charge in [-0.1, -0.05) is 19.9 Å². The second-order valence-corrected chi connectivity index (χ2v) is 5.30. The largest absolute Gasteiger partial charge is 0.480 e. The number of aryl methyl sites for hydroxylation is 2. The zero-order valence-electron chi connectivity index (χ0n) is 13.1. The Morgan fingerprint density at radius 2 is 1.76 bits per heavy atom. The lowest BCUT2D eigenvalue weighted by molar-refractivity contribution is -0.145. The molecule has 1 rings (SSSR count). The lowest BCUT2D eigenvalue weighted by atomic mass is 9.93. The lowest BCUT2D eigenvalue weighted by Crippen LogP contribution is -2.53. The van der Waals surface area contributed by atoms with E-state index in [2.05, 4.69) is 10.6 Å². The van der Waals surface area contributed by atoms with Crippen molar-refractivity contribution in [1.82, 2.24) is 5.32 Å². The van der Waals surface area contributed by atoms with Crippen molar-refractivity contribution in [3.05, 3.63) is 29.3 Å². The Morgan fingerprint density at radius 3 is 2.24 bits per heavy atom. The van der Waals surface area contributed by atoms with E-state index in [0.717, 1.165) is 16.8 Å². The van der Waals surface area contributed by atoms with Gasteiger partial charge in [-0.2, -0.15) is 0 Å². The van der Waals surface area contributed by atoms with Crippen molar-refractivity contribution in [2.24, 2.45) is 0 Å². The highest BCUT2D eigenvalue weighted by Crippen LogP contribution is 2.16. The minimum Gasteiger partial charge on any atom is -0.480 e. The molecule has 1 aromatic rings. The summed E-state index contributed by atoms with van der Waals surface area (Å²) in [6.45, 7) is 7.55. The van der Waals surface area contributed by atoms with Gasteiger partial charge < -0.3 is 10.4 Å². The van der Waals surface area contributed by atoms with Crippen molar-refractivity contribution in [2.75, 3.05) is 11.9 Å².